The lowest BCUT2D eigenvalue weighted by Crippen LogP contribution is -2.40. The molecule has 0 spiro atoms. The van der Waals surface area contributed by atoms with Gasteiger partial charge in [-0.2, -0.15) is 0 Å². The number of nitrogens with zero attached hydrogens (tertiary/aromatic N) is 2. The van der Waals surface area contributed by atoms with Gasteiger partial charge >= 0.3 is 12.0 Å². The molecule has 5 nitrogen and oxygen atoms in total. The average Bonchev–Trinajstić information content (AvgIpc) is 2.76. The number of carboxylic acids is 1. The van der Waals surface area contributed by atoms with Gasteiger partial charge in [0.2, 0.25) is 0 Å². The first kappa shape index (κ1) is 14.8. The van der Waals surface area contributed by atoms with Gasteiger partial charge < -0.3 is 14.9 Å². The quantitative estimate of drug-likeness (QED) is 0.817. The van der Waals surface area contributed by atoms with E-state index in [4.69, 9.17) is 5.11 Å². The van der Waals surface area contributed by atoms with Crippen LogP contribution in [0.3, 0.4) is 0 Å². The van der Waals surface area contributed by atoms with E-state index in [0.717, 1.165) is 19.5 Å². The zero-order valence-corrected chi connectivity index (χ0v) is 11.6. The van der Waals surface area contributed by atoms with Crippen molar-refractivity contribution in [1.82, 2.24) is 9.80 Å². The third-order valence-electron chi connectivity index (χ3n) is 3.65. The predicted molar refractivity (Wildman–Crippen MR) is 69.4 cm³/mol. The van der Waals surface area contributed by atoms with Crippen molar-refractivity contribution in [2.24, 2.45) is 11.8 Å². The summed E-state index contributed by atoms with van der Waals surface area (Å²) in [5.41, 5.74) is 0. The molecule has 0 bridgehead atoms. The number of urea groups is 1. The van der Waals surface area contributed by atoms with Gasteiger partial charge in [0, 0.05) is 33.1 Å². The van der Waals surface area contributed by atoms with E-state index < -0.39 is 5.97 Å². The summed E-state index contributed by atoms with van der Waals surface area (Å²) in [6, 6.07) is 0.0311. The zero-order valence-electron chi connectivity index (χ0n) is 11.6. The number of carbonyl (C=O) groups excluding carboxylic acids is 1. The van der Waals surface area contributed by atoms with E-state index in [2.05, 4.69) is 13.8 Å². The van der Waals surface area contributed by atoms with E-state index in [-0.39, 0.29) is 12.5 Å². The second-order valence-electron chi connectivity index (χ2n) is 5.44. The topological polar surface area (TPSA) is 60.9 Å². The molecule has 0 aromatic carbocycles. The van der Waals surface area contributed by atoms with Gasteiger partial charge in [0.05, 0.1) is 0 Å². The van der Waals surface area contributed by atoms with E-state index in [1.54, 1.807) is 11.9 Å². The van der Waals surface area contributed by atoms with Crippen LogP contribution in [0.25, 0.3) is 0 Å². The van der Waals surface area contributed by atoms with E-state index in [1.165, 1.54) is 0 Å². The predicted octanol–water partition coefficient (Wildman–Crippen LogP) is 1.88. The van der Waals surface area contributed by atoms with Crippen LogP contribution in [-0.4, -0.2) is 53.6 Å². The highest BCUT2D eigenvalue weighted by Crippen LogP contribution is 2.24. The largest absolute Gasteiger partial charge is 0.481 e. The number of rotatable bonds is 5. The summed E-state index contributed by atoms with van der Waals surface area (Å²) in [5.74, 6) is 0.401. The molecule has 1 fully saturated rings. The molecule has 1 rings (SSSR count). The molecular weight excluding hydrogens is 232 g/mol. The van der Waals surface area contributed by atoms with Crippen molar-refractivity contribution in [1.29, 1.82) is 0 Å². The molecular formula is C13H24N2O3. The summed E-state index contributed by atoms with van der Waals surface area (Å²) < 4.78 is 0. The summed E-state index contributed by atoms with van der Waals surface area (Å²) in [5, 5.41) is 8.56. The third kappa shape index (κ3) is 4.20. The molecule has 0 aromatic heterocycles. The van der Waals surface area contributed by atoms with Crippen LogP contribution < -0.4 is 0 Å². The standard InChI is InChI=1S/C13H24N2O3/c1-10(2)11-6-8-15(9-11)13(18)14(3)7-4-5-12(16)17/h10-11H,4-9H2,1-3H3,(H,16,17). The van der Waals surface area contributed by atoms with Crippen LogP contribution in [0.1, 0.15) is 33.1 Å². The first-order valence-corrected chi connectivity index (χ1v) is 6.63. The molecule has 2 amide bonds. The normalized spacial score (nSPS) is 19.3. The number of aliphatic carboxylic acids is 1. The minimum absolute atomic E-state index is 0.0311. The second kappa shape index (κ2) is 6.61. The van der Waals surface area contributed by atoms with E-state index in [9.17, 15) is 9.59 Å². The number of hydrogen-bond donors (Lipinski definition) is 1. The van der Waals surface area contributed by atoms with Gasteiger partial charge in [0.15, 0.2) is 0 Å². The van der Waals surface area contributed by atoms with E-state index in [0.29, 0.717) is 24.8 Å². The monoisotopic (exact) mass is 256 g/mol. The number of likely N-dealkylation sites (tertiary alicyclic amines) is 1. The molecule has 0 radical (unpaired) electrons. The Bertz CT molecular complexity index is 305. The Kier molecular flexibility index (Phi) is 5.44. The molecule has 1 heterocycles. The Labute approximate surface area is 109 Å². The molecule has 1 N–H and O–H groups in total. The van der Waals surface area contributed by atoms with Crippen molar-refractivity contribution in [3.63, 3.8) is 0 Å². The first-order chi connectivity index (χ1) is 8.41. The Morgan fingerprint density at radius 3 is 2.61 bits per heavy atom. The van der Waals surface area contributed by atoms with Crippen LogP contribution in [-0.2, 0) is 4.79 Å². The maximum absolute atomic E-state index is 12.1. The molecule has 18 heavy (non-hydrogen) atoms. The van der Waals surface area contributed by atoms with Gasteiger partial charge in [-0.25, -0.2) is 4.79 Å². The third-order valence-corrected chi connectivity index (χ3v) is 3.65. The van der Waals surface area contributed by atoms with Crippen molar-refractivity contribution in [2.75, 3.05) is 26.7 Å². The van der Waals surface area contributed by atoms with Gasteiger partial charge in [-0.1, -0.05) is 13.8 Å². The fourth-order valence-electron chi connectivity index (χ4n) is 2.31. The molecule has 1 aliphatic heterocycles. The minimum Gasteiger partial charge on any atom is -0.481 e. The molecule has 0 saturated carbocycles. The lowest BCUT2D eigenvalue weighted by molar-refractivity contribution is -0.137. The number of hydrogen-bond acceptors (Lipinski definition) is 2. The molecule has 1 atom stereocenters. The fraction of sp³-hybridized carbons (Fsp3) is 0.846. The van der Waals surface area contributed by atoms with Gasteiger partial charge in [-0.3, -0.25) is 4.79 Å². The average molecular weight is 256 g/mol. The van der Waals surface area contributed by atoms with E-state index in [1.807, 2.05) is 4.90 Å². The highest BCUT2D eigenvalue weighted by molar-refractivity contribution is 5.74. The van der Waals surface area contributed by atoms with Crippen LogP contribution in [0.15, 0.2) is 0 Å². The highest BCUT2D eigenvalue weighted by atomic mass is 16.4. The Balaban J connectivity index is 2.33. The SMILES string of the molecule is CC(C)C1CCN(C(=O)N(C)CCCC(=O)O)C1. The number of carboxylic acid groups (broad SMARTS) is 1. The van der Waals surface area contributed by atoms with Crippen LogP contribution in [0.2, 0.25) is 0 Å². The molecule has 1 aliphatic rings. The lowest BCUT2D eigenvalue weighted by Gasteiger charge is -2.25. The molecule has 1 saturated heterocycles. The van der Waals surface area contributed by atoms with Crippen LogP contribution in [0.5, 0.6) is 0 Å². The fourth-order valence-corrected chi connectivity index (χ4v) is 2.31. The molecule has 104 valence electrons. The summed E-state index contributed by atoms with van der Waals surface area (Å²) in [4.78, 5) is 26.0. The second-order valence-corrected chi connectivity index (χ2v) is 5.44. The van der Waals surface area contributed by atoms with Crippen LogP contribution in [0, 0.1) is 11.8 Å². The summed E-state index contributed by atoms with van der Waals surface area (Å²) in [6.07, 6.45) is 1.71. The summed E-state index contributed by atoms with van der Waals surface area (Å²) in [6.45, 7) is 6.54. The van der Waals surface area contributed by atoms with Crippen LogP contribution >= 0.6 is 0 Å². The highest BCUT2D eigenvalue weighted by Gasteiger charge is 2.29. The van der Waals surface area contributed by atoms with Gasteiger partial charge in [-0.05, 0) is 24.7 Å². The summed E-state index contributed by atoms with van der Waals surface area (Å²) in [7, 11) is 1.74. The van der Waals surface area contributed by atoms with Crippen molar-refractivity contribution in [2.45, 2.75) is 33.1 Å². The molecule has 5 heteroatoms. The minimum atomic E-state index is -0.808. The maximum Gasteiger partial charge on any atom is 0.319 e. The lowest BCUT2D eigenvalue weighted by atomic mass is 9.95. The Morgan fingerprint density at radius 2 is 2.11 bits per heavy atom. The smallest absolute Gasteiger partial charge is 0.319 e. The van der Waals surface area contributed by atoms with Crippen LogP contribution in [0.4, 0.5) is 4.79 Å². The van der Waals surface area contributed by atoms with Crippen molar-refractivity contribution in [3.05, 3.63) is 0 Å². The molecule has 0 aliphatic carbocycles. The van der Waals surface area contributed by atoms with Gasteiger partial charge in [-0.15, -0.1) is 0 Å². The van der Waals surface area contributed by atoms with E-state index >= 15 is 0 Å². The number of carbonyl (C=O) groups is 2. The maximum atomic E-state index is 12.1. The molecule has 1 unspecified atom stereocenters. The van der Waals surface area contributed by atoms with Crippen molar-refractivity contribution < 1.29 is 14.7 Å². The Morgan fingerprint density at radius 1 is 1.44 bits per heavy atom. The van der Waals surface area contributed by atoms with Crippen molar-refractivity contribution >= 4 is 12.0 Å². The van der Waals surface area contributed by atoms with Gasteiger partial charge in [0.25, 0.3) is 0 Å². The van der Waals surface area contributed by atoms with Gasteiger partial charge in [0.1, 0.15) is 0 Å². The summed E-state index contributed by atoms with van der Waals surface area (Å²) >= 11 is 0. The number of amides is 2. The molecule has 0 aromatic rings. The zero-order chi connectivity index (χ0) is 13.7. The Hall–Kier alpha value is -1.26. The van der Waals surface area contributed by atoms with Crippen molar-refractivity contribution in [3.8, 4) is 0 Å². The first-order valence-electron chi connectivity index (χ1n) is 6.63.